The molecule has 0 aromatic heterocycles. The fraction of sp³-hybridized carbons (Fsp3) is 0.889. The Labute approximate surface area is 148 Å². The molecule has 1 rings (SSSR count). The Bertz CT molecular complexity index is 406. The van der Waals surface area contributed by atoms with Crippen molar-refractivity contribution in [3.63, 3.8) is 0 Å². The lowest BCUT2D eigenvalue weighted by Crippen LogP contribution is -2.45. The van der Waals surface area contributed by atoms with Gasteiger partial charge >= 0.3 is 0 Å². The fourth-order valence-corrected chi connectivity index (χ4v) is 2.86. The highest BCUT2D eigenvalue weighted by atomic mass is 16.2. The van der Waals surface area contributed by atoms with Crippen LogP contribution in [0.25, 0.3) is 0 Å². The Hall–Kier alpha value is -1.30. The lowest BCUT2D eigenvalue weighted by Gasteiger charge is -2.26. The third-order valence-corrected chi connectivity index (χ3v) is 4.85. The Kier molecular flexibility index (Phi) is 9.11. The summed E-state index contributed by atoms with van der Waals surface area (Å²) in [6.45, 7) is 14.4. The van der Waals surface area contributed by atoms with E-state index in [1.807, 2.05) is 0 Å². The first-order valence-corrected chi connectivity index (χ1v) is 9.39. The lowest BCUT2D eigenvalue weighted by atomic mass is 10.1. The molecule has 0 bridgehead atoms. The highest BCUT2D eigenvalue weighted by Crippen LogP contribution is 2.18. The van der Waals surface area contributed by atoms with Crippen LogP contribution in [-0.2, 0) is 4.79 Å². The molecule has 1 N–H and O–H groups in total. The van der Waals surface area contributed by atoms with E-state index in [0.717, 1.165) is 45.1 Å². The van der Waals surface area contributed by atoms with Crippen LogP contribution < -0.4 is 5.32 Å². The molecule has 140 valence electrons. The van der Waals surface area contributed by atoms with E-state index in [1.165, 1.54) is 6.42 Å². The van der Waals surface area contributed by atoms with Crippen LogP contribution in [0.3, 0.4) is 0 Å². The number of amides is 1. The summed E-state index contributed by atoms with van der Waals surface area (Å²) in [7, 11) is 3.55. The standard InChI is InChI=1S/C18H37N5O/c1-7-15(4)20-18(19-12-17(24)21(5)6)23-11-10-16(14-23)13-22(8-2)9-3/h15-16H,7-14H2,1-6H3,(H,19,20). The molecule has 0 aromatic carbocycles. The molecular formula is C18H37N5O. The van der Waals surface area contributed by atoms with Gasteiger partial charge in [-0.3, -0.25) is 4.79 Å². The molecule has 0 aromatic rings. The van der Waals surface area contributed by atoms with Crippen LogP contribution >= 0.6 is 0 Å². The fourth-order valence-electron chi connectivity index (χ4n) is 2.86. The second kappa shape index (κ2) is 10.5. The SMILES string of the molecule is CCC(C)NC(=NCC(=O)N(C)C)N1CCC(CN(CC)CC)C1. The maximum atomic E-state index is 11.9. The maximum absolute atomic E-state index is 11.9. The highest BCUT2D eigenvalue weighted by molar-refractivity contribution is 5.85. The van der Waals surface area contributed by atoms with Crippen LogP contribution in [0.5, 0.6) is 0 Å². The molecule has 6 heteroatoms. The van der Waals surface area contributed by atoms with Crippen LogP contribution in [0.1, 0.15) is 40.5 Å². The third-order valence-electron chi connectivity index (χ3n) is 4.85. The number of rotatable bonds is 8. The molecule has 0 saturated carbocycles. The molecule has 0 spiro atoms. The van der Waals surface area contributed by atoms with Gasteiger partial charge in [-0.15, -0.1) is 0 Å². The number of guanidine groups is 1. The van der Waals surface area contributed by atoms with Crippen LogP contribution in [0.15, 0.2) is 4.99 Å². The highest BCUT2D eigenvalue weighted by Gasteiger charge is 2.26. The molecule has 6 nitrogen and oxygen atoms in total. The van der Waals surface area contributed by atoms with Crippen molar-refractivity contribution in [2.24, 2.45) is 10.9 Å². The van der Waals surface area contributed by atoms with Crippen LogP contribution in [0, 0.1) is 5.92 Å². The van der Waals surface area contributed by atoms with Gasteiger partial charge < -0.3 is 20.0 Å². The first-order chi connectivity index (χ1) is 11.4. The van der Waals surface area contributed by atoms with E-state index in [9.17, 15) is 4.79 Å². The average molecular weight is 340 g/mol. The summed E-state index contributed by atoms with van der Waals surface area (Å²) in [4.78, 5) is 22.9. The topological polar surface area (TPSA) is 51.2 Å². The van der Waals surface area contributed by atoms with E-state index >= 15 is 0 Å². The molecule has 2 atom stereocenters. The van der Waals surface area contributed by atoms with E-state index in [-0.39, 0.29) is 12.5 Å². The Balaban J connectivity index is 2.70. The van der Waals surface area contributed by atoms with Gasteiger partial charge in [-0.25, -0.2) is 4.99 Å². The zero-order chi connectivity index (χ0) is 18.1. The number of hydrogen-bond donors (Lipinski definition) is 1. The first kappa shape index (κ1) is 20.7. The van der Waals surface area contributed by atoms with Gasteiger partial charge in [-0.2, -0.15) is 0 Å². The number of carbonyl (C=O) groups is 1. The lowest BCUT2D eigenvalue weighted by molar-refractivity contribution is -0.127. The van der Waals surface area contributed by atoms with Gasteiger partial charge in [-0.1, -0.05) is 20.8 Å². The zero-order valence-corrected chi connectivity index (χ0v) is 16.5. The Morgan fingerprint density at radius 3 is 2.50 bits per heavy atom. The molecule has 0 radical (unpaired) electrons. The van der Waals surface area contributed by atoms with Gasteiger partial charge in [0.05, 0.1) is 0 Å². The molecule has 1 aliphatic rings. The summed E-state index contributed by atoms with van der Waals surface area (Å²) >= 11 is 0. The van der Waals surface area contributed by atoms with Crippen molar-refractivity contribution in [3.05, 3.63) is 0 Å². The predicted octanol–water partition coefficient (Wildman–Crippen LogP) is 1.48. The summed E-state index contributed by atoms with van der Waals surface area (Å²) in [6, 6.07) is 0.361. The van der Waals surface area contributed by atoms with Crippen molar-refractivity contribution in [2.75, 3.05) is 53.4 Å². The molecule has 1 heterocycles. The first-order valence-electron chi connectivity index (χ1n) is 9.39. The summed E-state index contributed by atoms with van der Waals surface area (Å²) in [5.74, 6) is 1.61. The molecular weight excluding hydrogens is 302 g/mol. The van der Waals surface area contributed by atoms with E-state index in [2.05, 4.69) is 47.8 Å². The van der Waals surface area contributed by atoms with Gasteiger partial charge in [-0.05, 0) is 38.8 Å². The summed E-state index contributed by atoms with van der Waals surface area (Å²) in [5.41, 5.74) is 0. The average Bonchev–Trinajstić information content (AvgIpc) is 3.03. The summed E-state index contributed by atoms with van der Waals surface area (Å²) in [5, 5.41) is 3.50. The van der Waals surface area contributed by atoms with E-state index < -0.39 is 0 Å². The third kappa shape index (κ3) is 6.67. The van der Waals surface area contributed by atoms with Gasteiger partial charge in [0.2, 0.25) is 5.91 Å². The van der Waals surface area contributed by atoms with Crippen molar-refractivity contribution < 1.29 is 4.79 Å². The molecule has 1 amide bonds. The molecule has 1 saturated heterocycles. The van der Waals surface area contributed by atoms with Gasteiger partial charge in [0.15, 0.2) is 5.96 Å². The van der Waals surface area contributed by atoms with Crippen molar-refractivity contribution in [1.29, 1.82) is 0 Å². The summed E-state index contributed by atoms with van der Waals surface area (Å²) < 4.78 is 0. The zero-order valence-electron chi connectivity index (χ0n) is 16.5. The number of nitrogens with one attached hydrogen (secondary N) is 1. The van der Waals surface area contributed by atoms with E-state index in [0.29, 0.717) is 12.0 Å². The molecule has 24 heavy (non-hydrogen) atoms. The minimum atomic E-state index is 0.0392. The monoisotopic (exact) mass is 339 g/mol. The molecule has 1 fully saturated rings. The predicted molar refractivity (Wildman–Crippen MR) is 101 cm³/mol. The maximum Gasteiger partial charge on any atom is 0.243 e. The van der Waals surface area contributed by atoms with Crippen LogP contribution in [-0.4, -0.2) is 86.0 Å². The normalized spacial score (nSPS) is 19.7. The van der Waals surface area contributed by atoms with Crippen molar-refractivity contribution in [3.8, 4) is 0 Å². The van der Waals surface area contributed by atoms with Gasteiger partial charge in [0, 0.05) is 39.8 Å². The molecule has 0 aliphatic carbocycles. The number of likely N-dealkylation sites (N-methyl/N-ethyl adjacent to an activating group) is 1. The number of carbonyl (C=O) groups excluding carboxylic acids is 1. The van der Waals surface area contributed by atoms with Crippen molar-refractivity contribution in [2.45, 2.75) is 46.6 Å². The quantitative estimate of drug-likeness (QED) is 0.538. The van der Waals surface area contributed by atoms with E-state index in [1.54, 1.807) is 19.0 Å². The van der Waals surface area contributed by atoms with Crippen LogP contribution in [0.4, 0.5) is 0 Å². The smallest absolute Gasteiger partial charge is 0.243 e. The molecule has 2 unspecified atom stereocenters. The minimum absolute atomic E-state index is 0.0392. The second-order valence-corrected chi connectivity index (χ2v) is 6.97. The van der Waals surface area contributed by atoms with Gasteiger partial charge in [0.1, 0.15) is 6.54 Å². The Morgan fingerprint density at radius 1 is 1.29 bits per heavy atom. The number of hydrogen-bond acceptors (Lipinski definition) is 3. The van der Waals surface area contributed by atoms with Crippen LogP contribution in [0.2, 0.25) is 0 Å². The van der Waals surface area contributed by atoms with Gasteiger partial charge in [0.25, 0.3) is 0 Å². The van der Waals surface area contributed by atoms with Crippen molar-refractivity contribution >= 4 is 11.9 Å². The largest absolute Gasteiger partial charge is 0.354 e. The number of likely N-dealkylation sites (tertiary alicyclic amines) is 1. The number of aliphatic imine (C=N–C) groups is 1. The van der Waals surface area contributed by atoms with E-state index in [4.69, 9.17) is 0 Å². The number of nitrogens with zero attached hydrogens (tertiary/aromatic N) is 4. The Morgan fingerprint density at radius 2 is 1.96 bits per heavy atom. The van der Waals surface area contributed by atoms with Crippen molar-refractivity contribution in [1.82, 2.24) is 20.0 Å². The molecule has 1 aliphatic heterocycles. The minimum Gasteiger partial charge on any atom is -0.354 e. The summed E-state index contributed by atoms with van der Waals surface area (Å²) in [6.07, 6.45) is 2.23. The second-order valence-electron chi connectivity index (χ2n) is 6.97.